The van der Waals surface area contributed by atoms with Crippen molar-refractivity contribution in [2.75, 3.05) is 6.61 Å². The van der Waals surface area contributed by atoms with Crippen LogP contribution in [-0.4, -0.2) is 123 Å². The van der Waals surface area contributed by atoms with E-state index in [9.17, 15) is 66.8 Å². The number of hydrogen-bond acceptors (Lipinski definition) is 18. The van der Waals surface area contributed by atoms with Crippen LogP contribution < -0.4 is 31.9 Å². The van der Waals surface area contributed by atoms with Gasteiger partial charge >= 0.3 is 11.9 Å². The Kier molecular flexibility index (Phi) is 23.4. The van der Waals surface area contributed by atoms with E-state index in [0.717, 1.165) is 45.7 Å². The fourth-order valence-corrected chi connectivity index (χ4v) is 12.0. The number of carbonyl (C=O) groups is 8. The number of carboxylic acid groups (broad SMARTS) is 1. The average Bonchev–Trinajstić information content (AvgIpc) is 1.65. The Morgan fingerprint density at radius 1 is 0.431 bits per heavy atom. The predicted molar refractivity (Wildman–Crippen MR) is 363 cm³/mol. The van der Waals surface area contributed by atoms with Gasteiger partial charge in [0.1, 0.15) is 70.6 Å². The molecule has 12 rings (SSSR count). The summed E-state index contributed by atoms with van der Waals surface area (Å²) in [4.78, 5) is 123. The number of amides is 6. The number of aromatic nitrogens is 6. The van der Waals surface area contributed by atoms with Crippen molar-refractivity contribution in [3.63, 3.8) is 0 Å². The highest BCUT2D eigenvalue weighted by atomic mass is 79.9. The Morgan fingerprint density at radius 2 is 0.745 bits per heavy atom. The number of aliphatic hydroxyl groups is 3. The number of ether oxygens (including phenoxy) is 1. The van der Waals surface area contributed by atoms with Crippen LogP contribution in [0.15, 0.2) is 151 Å². The molecule has 0 spiro atoms. The monoisotopic (exact) mass is 1450 g/mol. The molecule has 6 amide bonds. The number of halogens is 4. The van der Waals surface area contributed by atoms with Crippen LogP contribution in [0.5, 0.6) is 0 Å². The second kappa shape index (κ2) is 32.6. The minimum Gasteiger partial charge on any atom is -0.478 e. The summed E-state index contributed by atoms with van der Waals surface area (Å²) in [6.45, 7) is 7.37. The summed E-state index contributed by atoms with van der Waals surface area (Å²) in [5.41, 5.74) is 8.41. The number of benzene rings is 6. The van der Waals surface area contributed by atoms with E-state index < -0.39 is 83.8 Å². The maximum absolute atomic E-state index is 13.4. The van der Waals surface area contributed by atoms with E-state index in [1.54, 1.807) is 88.4 Å². The molecule has 0 saturated heterocycles. The zero-order valence-electron chi connectivity index (χ0n) is 54.9. The van der Waals surface area contributed by atoms with Gasteiger partial charge in [-0.15, -0.1) is 0 Å². The van der Waals surface area contributed by atoms with E-state index in [1.807, 2.05) is 18.2 Å². The highest BCUT2D eigenvalue weighted by Gasteiger charge is 2.36. The van der Waals surface area contributed by atoms with E-state index in [0.29, 0.717) is 56.5 Å². The number of esters is 1. The van der Waals surface area contributed by atoms with E-state index >= 15 is 0 Å². The lowest BCUT2D eigenvalue weighted by Crippen LogP contribution is -2.34. The third-order valence-electron chi connectivity index (χ3n) is 16.9. The Morgan fingerprint density at radius 3 is 1.08 bits per heavy atom. The molecule has 3 aromatic heterocycles. The Balaban J connectivity index is 0.000000165. The number of rotatable bonds is 18. The third kappa shape index (κ3) is 17.9. The zero-order chi connectivity index (χ0) is 73.1. The summed E-state index contributed by atoms with van der Waals surface area (Å²) < 4.78 is 46.1. The van der Waals surface area contributed by atoms with Crippen molar-refractivity contribution in [3.05, 3.63) is 280 Å². The molecular formula is C73H66BrF3N12O13. The summed E-state index contributed by atoms with van der Waals surface area (Å²) >= 11 is 3.41. The first-order valence-electron chi connectivity index (χ1n) is 31.8. The smallest absolute Gasteiger partial charge is 0.338 e. The second-order valence-corrected chi connectivity index (χ2v) is 24.9. The second-order valence-electron chi connectivity index (χ2n) is 24.0. The van der Waals surface area contributed by atoms with Gasteiger partial charge in [0.25, 0.3) is 35.4 Å². The van der Waals surface area contributed by atoms with Crippen molar-refractivity contribution in [1.82, 2.24) is 61.8 Å². The largest absolute Gasteiger partial charge is 0.478 e. The Bertz CT molecular complexity index is 4760. The van der Waals surface area contributed by atoms with E-state index in [1.165, 1.54) is 48.5 Å². The quantitative estimate of drug-likeness (QED) is 0.0375. The molecule has 3 aliphatic carbocycles. The number of carbonyl (C=O) groups excluding carboxylic acids is 7. The van der Waals surface area contributed by atoms with Crippen molar-refractivity contribution in [3.8, 4) is 0 Å². The lowest BCUT2D eigenvalue weighted by Gasteiger charge is -2.18. The lowest BCUT2D eigenvalue weighted by atomic mass is 10.0. The van der Waals surface area contributed by atoms with Gasteiger partial charge in [-0.25, -0.2) is 52.7 Å². The lowest BCUT2D eigenvalue weighted by molar-refractivity contribution is 0.0524. The maximum atomic E-state index is 13.4. The summed E-state index contributed by atoms with van der Waals surface area (Å²) in [6, 6.07) is 30.4. The van der Waals surface area contributed by atoms with Crippen molar-refractivity contribution in [2.45, 2.75) is 103 Å². The molecule has 0 bridgehead atoms. The molecule has 0 unspecified atom stereocenters. The van der Waals surface area contributed by atoms with Crippen LogP contribution in [0.25, 0.3) is 0 Å². The number of carboxylic acids is 1. The van der Waals surface area contributed by atoms with Gasteiger partial charge in [-0.05, 0) is 149 Å². The van der Waals surface area contributed by atoms with E-state index in [-0.39, 0.29) is 96.3 Å². The molecule has 6 atom stereocenters. The fraction of sp³-hybridized carbons (Fsp3) is 0.233. The van der Waals surface area contributed by atoms with Crippen molar-refractivity contribution in [2.24, 2.45) is 0 Å². The van der Waals surface area contributed by atoms with Gasteiger partial charge in [-0.1, -0.05) is 70.5 Å². The summed E-state index contributed by atoms with van der Waals surface area (Å²) in [5.74, 6) is -5.78. The third-order valence-corrected chi connectivity index (χ3v) is 17.4. The minimum atomic E-state index is -1.08. The van der Waals surface area contributed by atoms with Gasteiger partial charge in [0, 0.05) is 61.6 Å². The predicted octanol–water partition coefficient (Wildman–Crippen LogP) is 7.36. The highest BCUT2D eigenvalue weighted by molar-refractivity contribution is 9.10. The molecule has 0 saturated carbocycles. The molecule has 25 nitrogen and oxygen atoms in total. The van der Waals surface area contributed by atoms with Crippen LogP contribution >= 0.6 is 15.9 Å². The fourth-order valence-electron chi connectivity index (χ4n) is 11.6. The molecule has 102 heavy (non-hydrogen) atoms. The molecule has 0 aliphatic heterocycles. The number of aryl methyl sites for hydroxylation is 3. The van der Waals surface area contributed by atoms with Crippen molar-refractivity contribution in [1.29, 1.82) is 0 Å². The normalized spacial score (nSPS) is 16.6. The molecule has 10 N–H and O–H groups in total. The van der Waals surface area contributed by atoms with Gasteiger partial charge < -0.3 is 57.1 Å². The number of aromatic carboxylic acids is 1. The van der Waals surface area contributed by atoms with Crippen LogP contribution in [0.2, 0.25) is 0 Å². The summed E-state index contributed by atoms with van der Waals surface area (Å²) in [7, 11) is 0. The average molecular weight is 1460 g/mol. The molecule has 3 aliphatic rings. The van der Waals surface area contributed by atoms with Gasteiger partial charge in [0.05, 0.1) is 54.2 Å². The molecular weight excluding hydrogens is 1390 g/mol. The van der Waals surface area contributed by atoms with E-state index in [2.05, 4.69) is 77.7 Å². The van der Waals surface area contributed by atoms with Gasteiger partial charge in [-0.3, -0.25) is 28.8 Å². The van der Waals surface area contributed by atoms with Crippen molar-refractivity contribution >= 4 is 63.3 Å². The topological polar surface area (TPSA) is 376 Å². The summed E-state index contributed by atoms with van der Waals surface area (Å²) in [5, 5.41) is 56.8. The Labute approximate surface area is 589 Å². The van der Waals surface area contributed by atoms with Crippen LogP contribution in [-0.2, 0) is 43.6 Å². The molecule has 29 heteroatoms. The number of hydrogen-bond donors (Lipinski definition) is 10. The molecule has 3 heterocycles. The van der Waals surface area contributed by atoms with E-state index in [4.69, 9.17) is 9.84 Å². The highest BCUT2D eigenvalue weighted by Crippen LogP contribution is 2.36. The standard InChI is InChI=1S/C26H25FN4O5.C24H21FN4O5.C23H20BrFN4O3/c1-3-36-26(35)16-5-6-18-17(9-16)10-22(32)23(18)31-25(34)21-11-20(29-13-30-21)24(33)28-12-15-4-7-19(27)14(2)8-15;1-12-6-13(2-5-17(12)25)10-26-22(31)18-9-19(28-11-27-18)23(32)29-21-16-4-3-14(24(33)34)7-15(16)8-20(21)30;1-12-6-13(2-5-17(12)25)10-26-22(31)18-9-19(28-11-27-18)23(32)29-21-16-4-3-15(24)7-14(16)8-20(21)30/h4-9,11,13,22-23,32H,3,10,12H2,1-2H3,(H,28,33)(H,31,34);2-7,9,11,20-21,30H,8,10H2,1H3,(H,26,31)(H,29,32)(H,33,34);2-7,9,11,20-21,30H,8,10H2,1H3,(H,26,31)(H,29,32)/t22-,23+;2*20-,21+/m000/s1. The first kappa shape index (κ1) is 73.2. The number of fused-ring (bicyclic) bond motifs is 3. The molecule has 524 valence electrons. The van der Waals surface area contributed by atoms with Crippen LogP contribution in [0.1, 0.15) is 175 Å². The van der Waals surface area contributed by atoms with Crippen LogP contribution in [0, 0.1) is 38.2 Å². The van der Waals surface area contributed by atoms with Gasteiger partial charge in [0.2, 0.25) is 0 Å². The molecule has 0 radical (unpaired) electrons. The number of nitrogens with one attached hydrogen (secondary N) is 6. The maximum Gasteiger partial charge on any atom is 0.338 e. The Hall–Kier alpha value is -11.5. The number of aliphatic hydroxyl groups excluding tert-OH is 3. The minimum absolute atomic E-state index is 0.0135. The van der Waals surface area contributed by atoms with Crippen LogP contribution in [0.4, 0.5) is 13.2 Å². The zero-order valence-corrected chi connectivity index (χ0v) is 56.5. The van der Waals surface area contributed by atoms with Gasteiger partial charge in [0.15, 0.2) is 0 Å². The molecule has 0 fully saturated rings. The number of nitrogens with zero attached hydrogens (tertiary/aromatic N) is 6. The molecule has 6 aromatic carbocycles. The molecule has 9 aromatic rings. The first-order valence-corrected chi connectivity index (χ1v) is 32.6. The van der Waals surface area contributed by atoms with Gasteiger partial charge in [-0.2, -0.15) is 0 Å². The van der Waals surface area contributed by atoms with Crippen LogP contribution in [0.3, 0.4) is 0 Å². The van der Waals surface area contributed by atoms with Crippen molar-refractivity contribution < 1.29 is 76.7 Å². The summed E-state index contributed by atoms with van der Waals surface area (Å²) in [6.07, 6.45) is 1.63. The first-order chi connectivity index (χ1) is 48.8. The SMILES string of the molecule is CCOC(=O)c1ccc2c(c1)C[C@H](O)[C@@H]2NC(=O)c1cc(C(=O)NCc2ccc(F)c(C)c2)ncn1.Cc1cc(CNC(=O)c2cc(C(=O)N[C@@H]3c4ccc(Br)cc4C[C@@H]3O)ncn2)ccc1F.Cc1cc(CNC(=O)c2cc(C(=O)N[C@@H]3c4ccc(C(=O)O)cc4C[C@@H]3O)ncn2)ccc1F.